The van der Waals surface area contributed by atoms with E-state index < -0.39 is 5.41 Å². The molecule has 5 rings (SSSR count). The smallest absolute Gasteiger partial charge is 0.134 e. The van der Waals surface area contributed by atoms with Gasteiger partial charge >= 0.3 is 0 Å². The molecule has 0 saturated carbocycles. The van der Waals surface area contributed by atoms with Crippen molar-refractivity contribution in [3.05, 3.63) is 126 Å². The summed E-state index contributed by atoms with van der Waals surface area (Å²) >= 11 is 0. The van der Waals surface area contributed by atoms with Crippen molar-refractivity contribution in [3.63, 3.8) is 0 Å². The number of benzene rings is 4. The van der Waals surface area contributed by atoms with Gasteiger partial charge in [0.15, 0.2) is 0 Å². The Balaban J connectivity index is 1.19. The molecular formula is C37H41NO3. The molecular weight excluding hydrogens is 506 g/mol. The summed E-state index contributed by atoms with van der Waals surface area (Å²) in [6.07, 6.45) is 5.03. The molecule has 41 heavy (non-hydrogen) atoms. The number of ether oxygens (including phenoxy) is 1. The zero-order valence-corrected chi connectivity index (χ0v) is 24.2. The minimum absolute atomic E-state index is 0.0433. The van der Waals surface area contributed by atoms with Crippen molar-refractivity contribution in [2.24, 2.45) is 0 Å². The Labute approximate surface area is 244 Å². The lowest BCUT2D eigenvalue weighted by molar-refractivity contribution is -0.111. The lowest BCUT2D eigenvalue weighted by Gasteiger charge is -2.44. The molecule has 0 spiro atoms. The van der Waals surface area contributed by atoms with Gasteiger partial charge in [-0.1, -0.05) is 91.0 Å². The first-order valence-corrected chi connectivity index (χ1v) is 14.7. The second-order valence-electron chi connectivity index (χ2n) is 11.9. The highest BCUT2D eigenvalue weighted by Gasteiger charge is 2.38. The third-order valence-electron chi connectivity index (χ3n) is 8.80. The molecule has 4 aromatic rings. The summed E-state index contributed by atoms with van der Waals surface area (Å²) in [5, 5.41) is 9.84. The standard InChI is InChI=1S/C37H41NO3/c1-36(2,21-22-37(28-39,32-14-5-3-6-15-32)33-16-7-4-8-17-33)38-23-19-35(20-24-38)41-27-29-11-9-12-30(25-29)31-13-10-18-34(40)26-31/h3-18,25-26,28,35,40H,19-24,27H2,1-2H3. The second kappa shape index (κ2) is 12.8. The summed E-state index contributed by atoms with van der Waals surface area (Å²) in [6, 6.07) is 36.1. The number of piperidine rings is 1. The first-order chi connectivity index (χ1) is 19.9. The minimum Gasteiger partial charge on any atom is -0.508 e. The number of carbonyl (C=O) groups excluding carboxylic acids is 1. The van der Waals surface area contributed by atoms with Crippen molar-refractivity contribution in [2.75, 3.05) is 13.1 Å². The first kappa shape index (κ1) is 28.8. The number of hydrogen-bond donors (Lipinski definition) is 1. The summed E-state index contributed by atoms with van der Waals surface area (Å²) in [7, 11) is 0. The summed E-state index contributed by atoms with van der Waals surface area (Å²) in [5.41, 5.74) is 4.62. The van der Waals surface area contributed by atoms with Crippen LogP contribution in [0.25, 0.3) is 11.1 Å². The summed E-state index contributed by atoms with van der Waals surface area (Å²) in [6.45, 7) is 7.16. The van der Waals surface area contributed by atoms with Crippen LogP contribution in [0.3, 0.4) is 0 Å². The molecule has 4 nitrogen and oxygen atoms in total. The number of likely N-dealkylation sites (tertiary alicyclic amines) is 1. The molecule has 0 aliphatic carbocycles. The molecule has 0 atom stereocenters. The molecule has 0 aromatic heterocycles. The number of aromatic hydroxyl groups is 1. The Morgan fingerprint density at radius 3 is 1.95 bits per heavy atom. The van der Waals surface area contributed by atoms with Crippen LogP contribution in [-0.2, 0) is 21.6 Å². The lowest BCUT2D eigenvalue weighted by Crippen LogP contribution is -2.50. The average molecular weight is 548 g/mol. The van der Waals surface area contributed by atoms with Gasteiger partial charge in [-0.2, -0.15) is 0 Å². The summed E-state index contributed by atoms with van der Waals surface area (Å²) < 4.78 is 6.37. The molecule has 4 heteroatoms. The van der Waals surface area contributed by atoms with Crippen LogP contribution in [0, 0.1) is 0 Å². The molecule has 4 aromatic carbocycles. The molecule has 1 heterocycles. The van der Waals surface area contributed by atoms with Gasteiger partial charge in [-0.15, -0.1) is 0 Å². The Morgan fingerprint density at radius 2 is 1.37 bits per heavy atom. The van der Waals surface area contributed by atoms with E-state index in [2.05, 4.69) is 61.2 Å². The van der Waals surface area contributed by atoms with E-state index in [1.807, 2.05) is 54.6 Å². The van der Waals surface area contributed by atoms with Gasteiger partial charge in [0.1, 0.15) is 12.0 Å². The minimum atomic E-state index is -0.658. The highest BCUT2D eigenvalue weighted by molar-refractivity contribution is 5.75. The van der Waals surface area contributed by atoms with Gasteiger partial charge in [0.25, 0.3) is 0 Å². The predicted molar refractivity (Wildman–Crippen MR) is 166 cm³/mol. The third-order valence-corrected chi connectivity index (χ3v) is 8.80. The van der Waals surface area contributed by atoms with Gasteiger partial charge in [0.2, 0.25) is 0 Å². The van der Waals surface area contributed by atoms with Crippen LogP contribution in [0.5, 0.6) is 5.75 Å². The fraction of sp³-hybridized carbons (Fsp3) is 0.324. The maximum Gasteiger partial charge on any atom is 0.134 e. The molecule has 1 fully saturated rings. The van der Waals surface area contributed by atoms with Crippen LogP contribution in [0.15, 0.2) is 109 Å². The Morgan fingerprint density at radius 1 is 0.780 bits per heavy atom. The highest BCUT2D eigenvalue weighted by atomic mass is 16.5. The molecule has 1 saturated heterocycles. The van der Waals surface area contributed by atoms with Crippen LogP contribution in [0.1, 0.15) is 56.2 Å². The predicted octanol–water partition coefficient (Wildman–Crippen LogP) is 7.78. The normalized spacial score (nSPS) is 15.1. The zero-order valence-electron chi connectivity index (χ0n) is 24.2. The van der Waals surface area contributed by atoms with E-state index >= 15 is 0 Å². The van der Waals surface area contributed by atoms with Crippen molar-refractivity contribution in [1.82, 2.24) is 4.90 Å². The van der Waals surface area contributed by atoms with E-state index in [0.29, 0.717) is 6.61 Å². The van der Waals surface area contributed by atoms with Gasteiger partial charge in [-0.3, -0.25) is 4.90 Å². The summed E-state index contributed by atoms with van der Waals surface area (Å²) in [5.74, 6) is 0.274. The fourth-order valence-corrected chi connectivity index (χ4v) is 6.15. The largest absolute Gasteiger partial charge is 0.508 e. The van der Waals surface area contributed by atoms with E-state index in [9.17, 15) is 9.90 Å². The van der Waals surface area contributed by atoms with Crippen LogP contribution < -0.4 is 0 Å². The highest BCUT2D eigenvalue weighted by Crippen LogP contribution is 2.38. The van der Waals surface area contributed by atoms with Crippen LogP contribution in [0.4, 0.5) is 0 Å². The van der Waals surface area contributed by atoms with Crippen LogP contribution in [-0.4, -0.2) is 41.0 Å². The van der Waals surface area contributed by atoms with Gasteiger partial charge in [-0.25, -0.2) is 0 Å². The van der Waals surface area contributed by atoms with E-state index in [1.165, 1.54) is 0 Å². The van der Waals surface area contributed by atoms with Crippen LogP contribution in [0.2, 0.25) is 0 Å². The van der Waals surface area contributed by atoms with Gasteiger partial charge in [0, 0.05) is 18.6 Å². The van der Waals surface area contributed by atoms with Crippen molar-refractivity contribution < 1.29 is 14.6 Å². The monoisotopic (exact) mass is 547 g/mol. The molecule has 0 radical (unpaired) electrons. The Kier molecular flexibility index (Phi) is 9.02. The van der Waals surface area contributed by atoms with Gasteiger partial charge in [0.05, 0.1) is 18.1 Å². The van der Waals surface area contributed by atoms with Crippen molar-refractivity contribution in [1.29, 1.82) is 0 Å². The number of carbonyl (C=O) groups is 1. The Bertz CT molecular complexity index is 1370. The quantitative estimate of drug-likeness (QED) is 0.195. The Hall–Kier alpha value is -3.73. The molecule has 1 aliphatic rings. The zero-order chi connectivity index (χ0) is 28.7. The molecule has 1 aliphatic heterocycles. The molecule has 0 amide bonds. The number of phenols is 1. The number of phenolic OH excluding ortho intramolecular Hbond substituents is 1. The molecule has 212 valence electrons. The fourth-order valence-electron chi connectivity index (χ4n) is 6.15. The second-order valence-corrected chi connectivity index (χ2v) is 11.9. The third kappa shape index (κ3) is 6.78. The maximum absolute atomic E-state index is 12.8. The number of rotatable bonds is 11. The lowest BCUT2D eigenvalue weighted by atomic mass is 9.70. The van der Waals surface area contributed by atoms with E-state index in [4.69, 9.17) is 4.74 Å². The number of hydrogen-bond acceptors (Lipinski definition) is 4. The van der Waals surface area contributed by atoms with Crippen molar-refractivity contribution >= 4 is 6.29 Å². The molecule has 1 N–H and O–H groups in total. The van der Waals surface area contributed by atoms with E-state index in [0.717, 1.165) is 72.9 Å². The van der Waals surface area contributed by atoms with E-state index in [1.54, 1.807) is 12.1 Å². The van der Waals surface area contributed by atoms with Gasteiger partial charge in [-0.05, 0) is 85.5 Å². The van der Waals surface area contributed by atoms with Crippen molar-refractivity contribution in [3.8, 4) is 16.9 Å². The average Bonchev–Trinajstić information content (AvgIpc) is 3.02. The first-order valence-electron chi connectivity index (χ1n) is 14.7. The van der Waals surface area contributed by atoms with Crippen LogP contribution >= 0.6 is 0 Å². The molecule has 0 bridgehead atoms. The summed E-state index contributed by atoms with van der Waals surface area (Å²) in [4.78, 5) is 15.4. The van der Waals surface area contributed by atoms with Gasteiger partial charge < -0.3 is 14.6 Å². The topological polar surface area (TPSA) is 49.8 Å². The maximum atomic E-state index is 12.8. The number of aldehydes is 1. The van der Waals surface area contributed by atoms with Crippen molar-refractivity contribution in [2.45, 2.75) is 63.2 Å². The SMILES string of the molecule is CC(C)(CCC(C=O)(c1ccccc1)c1ccccc1)N1CCC(OCc2cccc(-c3cccc(O)c3)c2)CC1. The molecule has 0 unspecified atom stereocenters. The number of nitrogens with zero attached hydrogens (tertiary/aromatic N) is 1. The van der Waals surface area contributed by atoms with E-state index in [-0.39, 0.29) is 17.4 Å².